The molecule has 0 bridgehead atoms. The van der Waals surface area contributed by atoms with E-state index in [1.165, 1.54) is 0 Å². The maximum atomic E-state index is 11.7. The van der Waals surface area contributed by atoms with Crippen LogP contribution in [0.2, 0.25) is 0 Å². The van der Waals surface area contributed by atoms with Gasteiger partial charge in [0.15, 0.2) is 0 Å². The Morgan fingerprint density at radius 1 is 1.47 bits per heavy atom. The average molecular weight is 259 g/mol. The van der Waals surface area contributed by atoms with Gasteiger partial charge < -0.3 is 16.4 Å². The van der Waals surface area contributed by atoms with Gasteiger partial charge in [-0.1, -0.05) is 6.07 Å². The summed E-state index contributed by atoms with van der Waals surface area (Å²) in [5, 5.41) is 5.31. The molecule has 0 aliphatic rings. The van der Waals surface area contributed by atoms with E-state index in [1.54, 1.807) is 24.3 Å². The first-order valence-electron chi connectivity index (χ1n) is 5.96. The lowest BCUT2D eigenvalue weighted by molar-refractivity contribution is -0.117. The molecule has 0 saturated carbocycles. The number of nitrogens with one attached hydrogen (secondary N) is 2. The lowest BCUT2D eigenvalue weighted by Crippen LogP contribution is -2.35. The highest BCUT2D eigenvalue weighted by atomic mass is 16.2. The Bertz CT molecular complexity index is 506. The quantitative estimate of drug-likeness (QED) is 0.681. The Labute approximate surface area is 112 Å². The molecule has 0 aromatic heterocycles. The van der Waals surface area contributed by atoms with Gasteiger partial charge in [-0.25, -0.2) is 0 Å². The molecule has 100 valence electrons. The standard InChI is InChI=1S/C14H17N3O2/c1-3-6-12(15)14(19)17-11-8-5-7-10(9-11)13(18)16-4-2/h1,5,7-9,12H,4,6,15H2,2H3,(H,16,18)(H,17,19). The normalized spacial score (nSPS) is 11.2. The van der Waals surface area contributed by atoms with Crippen LogP contribution in [0.25, 0.3) is 0 Å². The zero-order valence-electron chi connectivity index (χ0n) is 10.8. The number of hydrogen-bond donors (Lipinski definition) is 3. The van der Waals surface area contributed by atoms with Crippen LogP contribution in [0, 0.1) is 12.3 Å². The fourth-order valence-electron chi connectivity index (χ4n) is 1.46. The van der Waals surface area contributed by atoms with Crippen molar-refractivity contribution in [2.45, 2.75) is 19.4 Å². The summed E-state index contributed by atoms with van der Waals surface area (Å²) in [7, 11) is 0. The number of nitrogens with two attached hydrogens (primary N) is 1. The molecule has 5 heteroatoms. The molecule has 5 nitrogen and oxygen atoms in total. The SMILES string of the molecule is C#CCC(N)C(=O)Nc1cccc(C(=O)NCC)c1. The third-order valence-electron chi connectivity index (χ3n) is 2.40. The van der Waals surface area contributed by atoms with Crippen molar-refractivity contribution in [2.75, 3.05) is 11.9 Å². The summed E-state index contributed by atoms with van der Waals surface area (Å²) in [4.78, 5) is 23.3. The second-order valence-corrected chi connectivity index (χ2v) is 3.94. The first-order chi connectivity index (χ1) is 9.08. The number of hydrogen-bond acceptors (Lipinski definition) is 3. The minimum Gasteiger partial charge on any atom is -0.352 e. The molecule has 0 aliphatic heterocycles. The summed E-state index contributed by atoms with van der Waals surface area (Å²) in [6.45, 7) is 2.38. The number of terminal acetylenes is 1. The summed E-state index contributed by atoms with van der Waals surface area (Å²) in [6, 6.07) is 5.88. The first-order valence-corrected chi connectivity index (χ1v) is 5.96. The van der Waals surface area contributed by atoms with Gasteiger partial charge in [0, 0.05) is 24.2 Å². The molecule has 0 aliphatic carbocycles. The number of carbonyl (C=O) groups is 2. The second kappa shape index (κ2) is 7.19. The lowest BCUT2D eigenvalue weighted by atomic mass is 10.1. The van der Waals surface area contributed by atoms with Gasteiger partial charge in [0.05, 0.1) is 6.04 Å². The third-order valence-corrected chi connectivity index (χ3v) is 2.40. The highest BCUT2D eigenvalue weighted by Gasteiger charge is 2.13. The van der Waals surface area contributed by atoms with Crippen LogP contribution < -0.4 is 16.4 Å². The molecule has 0 radical (unpaired) electrons. The van der Waals surface area contributed by atoms with Crippen LogP contribution in [0.4, 0.5) is 5.69 Å². The topological polar surface area (TPSA) is 84.2 Å². The summed E-state index contributed by atoms with van der Waals surface area (Å²) in [5.74, 6) is 1.77. The smallest absolute Gasteiger partial charge is 0.251 e. The van der Waals surface area contributed by atoms with Crippen molar-refractivity contribution < 1.29 is 9.59 Å². The molecule has 1 aromatic rings. The number of anilines is 1. The van der Waals surface area contributed by atoms with Gasteiger partial charge in [0.2, 0.25) is 5.91 Å². The van der Waals surface area contributed by atoms with Crippen LogP contribution >= 0.6 is 0 Å². The van der Waals surface area contributed by atoms with Crippen molar-refractivity contribution in [3.05, 3.63) is 29.8 Å². The maximum Gasteiger partial charge on any atom is 0.251 e. The van der Waals surface area contributed by atoms with Gasteiger partial charge in [-0.2, -0.15) is 0 Å². The Morgan fingerprint density at radius 2 is 2.21 bits per heavy atom. The first kappa shape index (κ1) is 14.7. The number of amides is 2. The van der Waals surface area contributed by atoms with Gasteiger partial charge in [-0.05, 0) is 25.1 Å². The molecule has 19 heavy (non-hydrogen) atoms. The second-order valence-electron chi connectivity index (χ2n) is 3.94. The Morgan fingerprint density at radius 3 is 2.84 bits per heavy atom. The average Bonchev–Trinajstić information content (AvgIpc) is 2.39. The van der Waals surface area contributed by atoms with Gasteiger partial charge >= 0.3 is 0 Å². The Balaban J connectivity index is 2.75. The van der Waals surface area contributed by atoms with E-state index in [9.17, 15) is 9.59 Å². The van der Waals surface area contributed by atoms with E-state index in [2.05, 4.69) is 16.6 Å². The molecular formula is C14H17N3O2. The van der Waals surface area contributed by atoms with E-state index in [1.807, 2.05) is 6.92 Å². The van der Waals surface area contributed by atoms with E-state index in [0.717, 1.165) is 0 Å². The highest BCUT2D eigenvalue weighted by Crippen LogP contribution is 2.11. The number of rotatable bonds is 5. The monoisotopic (exact) mass is 259 g/mol. The largest absolute Gasteiger partial charge is 0.352 e. The zero-order chi connectivity index (χ0) is 14.3. The van der Waals surface area contributed by atoms with E-state index < -0.39 is 6.04 Å². The van der Waals surface area contributed by atoms with E-state index in [0.29, 0.717) is 17.8 Å². The van der Waals surface area contributed by atoms with Crippen LogP contribution in [-0.4, -0.2) is 24.4 Å². The van der Waals surface area contributed by atoms with E-state index in [4.69, 9.17) is 12.2 Å². The van der Waals surface area contributed by atoms with E-state index >= 15 is 0 Å². The van der Waals surface area contributed by atoms with Crippen molar-refractivity contribution in [2.24, 2.45) is 5.73 Å². The fraction of sp³-hybridized carbons (Fsp3) is 0.286. The molecule has 0 fully saturated rings. The van der Waals surface area contributed by atoms with Crippen LogP contribution in [0.1, 0.15) is 23.7 Å². The van der Waals surface area contributed by atoms with Crippen molar-refractivity contribution in [3.63, 3.8) is 0 Å². The third kappa shape index (κ3) is 4.45. The zero-order valence-corrected chi connectivity index (χ0v) is 10.8. The van der Waals surface area contributed by atoms with Gasteiger partial charge in [-0.3, -0.25) is 9.59 Å². The molecule has 2 amide bonds. The van der Waals surface area contributed by atoms with Crippen LogP contribution in [-0.2, 0) is 4.79 Å². The number of benzene rings is 1. The van der Waals surface area contributed by atoms with Gasteiger partial charge in [0.1, 0.15) is 0 Å². The number of carbonyl (C=O) groups excluding carboxylic acids is 2. The van der Waals surface area contributed by atoms with Crippen LogP contribution in [0.3, 0.4) is 0 Å². The molecule has 4 N–H and O–H groups in total. The molecule has 0 heterocycles. The Hall–Kier alpha value is -2.32. The molecule has 1 unspecified atom stereocenters. The van der Waals surface area contributed by atoms with Crippen LogP contribution in [0.5, 0.6) is 0 Å². The molecular weight excluding hydrogens is 242 g/mol. The summed E-state index contributed by atoms with van der Waals surface area (Å²) < 4.78 is 0. The van der Waals surface area contributed by atoms with Crippen molar-refractivity contribution in [1.82, 2.24) is 5.32 Å². The van der Waals surface area contributed by atoms with Gasteiger partial charge in [0.25, 0.3) is 5.91 Å². The lowest BCUT2D eigenvalue weighted by Gasteiger charge is -2.10. The molecule has 1 aromatic carbocycles. The summed E-state index contributed by atoms with van der Waals surface area (Å²) >= 11 is 0. The molecule has 1 atom stereocenters. The van der Waals surface area contributed by atoms with Crippen molar-refractivity contribution >= 4 is 17.5 Å². The minimum absolute atomic E-state index is 0.168. The predicted molar refractivity (Wildman–Crippen MR) is 74.5 cm³/mol. The predicted octanol–water partition coefficient (Wildman–Crippen LogP) is 0.725. The highest BCUT2D eigenvalue weighted by molar-refractivity contribution is 5.98. The molecule has 1 rings (SSSR count). The summed E-state index contributed by atoms with van der Waals surface area (Å²) in [5.41, 5.74) is 6.58. The Kier molecular flexibility index (Phi) is 5.58. The minimum atomic E-state index is -0.752. The summed E-state index contributed by atoms with van der Waals surface area (Å²) in [6.07, 6.45) is 5.26. The fourth-order valence-corrected chi connectivity index (χ4v) is 1.46. The van der Waals surface area contributed by atoms with Gasteiger partial charge in [-0.15, -0.1) is 12.3 Å². The van der Waals surface area contributed by atoms with Crippen molar-refractivity contribution in [3.8, 4) is 12.3 Å². The van der Waals surface area contributed by atoms with Crippen LogP contribution in [0.15, 0.2) is 24.3 Å². The van der Waals surface area contributed by atoms with E-state index in [-0.39, 0.29) is 18.2 Å². The molecule has 0 saturated heterocycles. The maximum absolute atomic E-state index is 11.7. The molecule has 0 spiro atoms. The van der Waals surface area contributed by atoms with Crippen molar-refractivity contribution in [1.29, 1.82) is 0 Å².